The van der Waals surface area contributed by atoms with E-state index in [-0.39, 0.29) is 0 Å². The van der Waals surface area contributed by atoms with Gasteiger partial charge in [0, 0.05) is 26.0 Å². The van der Waals surface area contributed by atoms with Crippen molar-refractivity contribution in [2.24, 2.45) is 0 Å². The molecule has 0 rings (SSSR count). The van der Waals surface area contributed by atoms with Crippen LogP contribution in [0.1, 0.15) is 6.92 Å². The summed E-state index contributed by atoms with van der Waals surface area (Å²) < 4.78 is 0. The Morgan fingerprint density at radius 1 is 1.44 bits per heavy atom. The van der Waals surface area contributed by atoms with Crippen molar-refractivity contribution < 1.29 is 0 Å². The molecule has 0 amide bonds. The molecule has 0 aliphatic rings. The van der Waals surface area contributed by atoms with Crippen LogP contribution in [-0.4, -0.2) is 14.1 Å². The Morgan fingerprint density at radius 2 is 2.00 bits per heavy atom. The van der Waals surface area contributed by atoms with Gasteiger partial charge >= 0.3 is 0 Å². The first-order chi connectivity index (χ1) is 4.22. The van der Waals surface area contributed by atoms with E-state index in [1.165, 1.54) is 0 Å². The molecule has 9 heavy (non-hydrogen) atoms. The summed E-state index contributed by atoms with van der Waals surface area (Å²) in [4.78, 5) is 0. The third kappa shape index (κ3) is 2.80. The second-order valence-corrected chi connectivity index (χ2v) is 1.84. The SMILES string of the molecule is C=C(NC)/C(C)=C/NC. The van der Waals surface area contributed by atoms with E-state index < -0.39 is 0 Å². The Hall–Kier alpha value is -0.920. The molecule has 0 fully saturated rings. The summed E-state index contributed by atoms with van der Waals surface area (Å²) in [5.74, 6) is 0. The molecule has 0 saturated carbocycles. The lowest BCUT2D eigenvalue weighted by Gasteiger charge is -2.03. The lowest BCUT2D eigenvalue weighted by molar-refractivity contribution is 0.981. The molecule has 0 aliphatic heterocycles. The monoisotopic (exact) mass is 126 g/mol. The molecule has 0 atom stereocenters. The van der Waals surface area contributed by atoms with Crippen molar-refractivity contribution in [1.29, 1.82) is 0 Å². The zero-order valence-electron chi connectivity index (χ0n) is 6.28. The molecule has 2 nitrogen and oxygen atoms in total. The Labute approximate surface area is 56.6 Å². The predicted octanol–water partition coefficient (Wildman–Crippen LogP) is 0.843. The van der Waals surface area contributed by atoms with Crippen LogP contribution >= 0.6 is 0 Å². The minimum Gasteiger partial charge on any atom is -0.394 e. The summed E-state index contributed by atoms with van der Waals surface area (Å²) in [6.07, 6.45) is 1.90. The van der Waals surface area contributed by atoms with Crippen LogP contribution < -0.4 is 10.6 Å². The van der Waals surface area contributed by atoms with Gasteiger partial charge in [-0.15, -0.1) is 0 Å². The molecular weight excluding hydrogens is 112 g/mol. The summed E-state index contributed by atoms with van der Waals surface area (Å²) in [5.41, 5.74) is 2.07. The number of rotatable bonds is 3. The summed E-state index contributed by atoms with van der Waals surface area (Å²) in [6, 6.07) is 0. The van der Waals surface area contributed by atoms with Gasteiger partial charge in [0.15, 0.2) is 0 Å². The fraction of sp³-hybridized carbons (Fsp3) is 0.429. The third-order valence-electron chi connectivity index (χ3n) is 1.14. The molecule has 2 N–H and O–H groups in total. The van der Waals surface area contributed by atoms with Crippen molar-refractivity contribution in [2.75, 3.05) is 14.1 Å². The van der Waals surface area contributed by atoms with Gasteiger partial charge in [0.05, 0.1) is 0 Å². The average Bonchev–Trinajstić information content (AvgIpc) is 1.87. The van der Waals surface area contributed by atoms with Crippen LogP contribution in [0.4, 0.5) is 0 Å². The molecule has 0 unspecified atom stereocenters. The Kier molecular flexibility index (Phi) is 3.60. The first-order valence-electron chi connectivity index (χ1n) is 2.93. The van der Waals surface area contributed by atoms with Gasteiger partial charge < -0.3 is 10.6 Å². The first kappa shape index (κ1) is 8.08. The molecule has 0 saturated heterocycles. The van der Waals surface area contributed by atoms with Gasteiger partial charge in [-0.2, -0.15) is 0 Å². The zero-order chi connectivity index (χ0) is 7.28. The minimum absolute atomic E-state index is 0.948. The van der Waals surface area contributed by atoms with Crippen molar-refractivity contribution in [3.05, 3.63) is 24.0 Å². The van der Waals surface area contributed by atoms with Crippen LogP contribution in [0, 0.1) is 0 Å². The molecule has 0 spiro atoms. The van der Waals surface area contributed by atoms with E-state index in [1.807, 2.05) is 27.2 Å². The zero-order valence-corrected chi connectivity index (χ0v) is 6.28. The second-order valence-electron chi connectivity index (χ2n) is 1.84. The molecule has 2 heteroatoms. The topological polar surface area (TPSA) is 24.1 Å². The number of likely N-dealkylation sites (N-methyl/N-ethyl adjacent to an activating group) is 1. The molecule has 0 bridgehead atoms. The van der Waals surface area contributed by atoms with E-state index >= 15 is 0 Å². The van der Waals surface area contributed by atoms with Crippen molar-refractivity contribution in [2.45, 2.75) is 6.92 Å². The van der Waals surface area contributed by atoms with Gasteiger partial charge in [0.1, 0.15) is 0 Å². The lowest BCUT2D eigenvalue weighted by atomic mass is 10.2. The fourth-order valence-electron chi connectivity index (χ4n) is 0.501. The molecule has 0 aromatic heterocycles. The fourth-order valence-corrected chi connectivity index (χ4v) is 0.501. The summed E-state index contributed by atoms with van der Waals surface area (Å²) in [5, 5.41) is 5.87. The van der Waals surface area contributed by atoms with Gasteiger partial charge in [-0.05, 0) is 12.5 Å². The van der Waals surface area contributed by atoms with Crippen LogP contribution in [0.25, 0.3) is 0 Å². The second kappa shape index (κ2) is 4.01. The van der Waals surface area contributed by atoms with Gasteiger partial charge in [0.2, 0.25) is 0 Å². The van der Waals surface area contributed by atoms with Gasteiger partial charge in [-0.3, -0.25) is 0 Å². The van der Waals surface area contributed by atoms with Crippen molar-refractivity contribution in [1.82, 2.24) is 10.6 Å². The maximum atomic E-state index is 3.77. The molecule has 0 aromatic carbocycles. The van der Waals surface area contributed by atoms with Gasteiger partial charge in [-0.1, -0.05) is 6.58 Å². The lowest BCUT2D eigenvalue weighted by Crippen LogP contribution is -2.07. The highest BCUT2D eigenvalue weighted by Gasteiger charge is 1.88. The quantitative estimate of drug-likeness (QED) is 0.548. The van der Waals surface area contributed by atoms with Crippen molar-refractivity contribution in [3.8, 4) is 0 Å². The molecule has 0 aromatic rings. The molecule has 0 heterocycles. The van der Waals surface area contributed by atoms with Crippen molar-refractivity contribution >= 4 is 0 Å². The number of allylic oxidation sites excluding steroid dienone is 1. The summed E-state index contributed by atoms with van der Waals surface area (Å²) in [6.45, 7) is 5.77. The Morgan fingerprint density at radius 3 is 2.33 bits per heavy atom. The highest BCUT2D eigenvalue weighted by atomic mass is 14.8. The van der Waals surface area contributed by atoms with E-state index in [2.05, 4.69) is 17.2 Å². The van der Waals surface area contributed by atoms with Crippen LogP contribution in [0.15, 0.2) is 24.0 Å². The minimum atomic E-state index is 0.948. The van der Waals surface area contributed by atoms with E-state index in [1.54, 1.807) is 0 Å². The van der Waals surface area contributed by atoms with E-state index in [9.17, 15) is 0 Å². The molecule has 0 aliphatic carbocycles. The standard InChI is InChI=1S/C7H14N2/c1-6(5-8-3)7(2)9-4/h5,8-9H,2H2,1,3-4H3/b6-5+. The van der Waals surface area contributed by atoms with Gasteiger partial charge in [0.25, 0.3) is 0 Å². The highest BCUT2D eigenvalue weighted by Crippen LogP contribution is 1.98. The van der Waals surface area contributed by atoms with Crippen molar-refractivity contribution in [3.63, 3.8) is 0 Å². The smallest absolute Gasteiger partial charge is 0.0308 e. The largest absolute Gasteiger partial charge is 0.394 e. The van der Waals surface area contributed by atoms with E-state index in [4.69, 9.17) is 0 Å². The van der Waals surface area contributed by atoms with Crippen LogP contribution in [0.5, 0.6) is 0 Å². The van der Waals surface area contributed by atoms with Crippen LogP contribution in [-0.2, 0) is 0 Å². The van der Waals surface area contributed by atoms with E-state index in [0.717, 1.165) is 11.3 Å². The molecular formula is C7H14N2. The maximum absolute atomic E-state index is 3.77. The first-order valence-corrected chi connectivity index (χ1v) is 2.93. The molecule has 52 valence electrons. The highest BCUT2D eigenvalue weighted by molar-refractivity contribution is 5.22. The number of nitrogens with one attached hydrogen (secondary N) is 2. The average molecular weight is 126 g/mol. The molecule has 0 radical (unpaired) electrons. The van der Waals surface area contributed by atoms with Crippen LogP contribution in [0.3, 0.4) is 0 Å². The Balaban J connectivity index is 3.86. The van der Waals surface area contributed by atoms with Crippen LogP contribution in [0.2, 0.25) is 0 Å². The number of hydrogen-bond donors (Lipinski definition) is 2. The van der Waals surface area contributed by atoms with E-state index in [0.29, 0.717) is 0 Å². The predicted molar refractivity (Wildman–Crippen MR) is 41.0 cm³/mol. The van der Waals surface area contributed by atoms with Gasteiger partial charge in [-0.25, -0.2) is 0 Å². The number of hydrogen-bond acceptors (Lipinski definition) is 2. The normalized spacial score (nSPS) is 10.8. The summed E-state index contributed by atoms with van der Waals surface area (Å²) >= 11 is 0. The third-order valence-corrected chi connectivity index (χ3v) is 1.14. The maximum Gasteiger partial charge on any atom is 0.0308 e. The Bertz CT molecular complexity index is 125. The summed E-state index contributed by atoms with van der Waals surface area (Å²) in [7, 11) is 3.72.